The summed E-state index contributed by atoms with van der Waals surface area (Å²) in [5.41, 5.74) is -3.71. The summed E-state index contributed by atoms with van der Waals surface area (Å²) in [5.74, 6) is -2.04. The summed E-state index contributed by atoms with van der Waals surface area (Å²) >= 11 is 6.05. The standard InChI is InChI=1S/C21H20ClF5N2O2/c1-11-5-6-14(21(25,26)27)17(28-11)19(30)29-18(13-3-2-4-15(24)16(13)22)20(31)9-7-12(23)8-10-20/h2-6,12,18,31H,7-10H2,1H3,(H,29,30). The molecule has 168 valence electrons. The Balaban J connectivity index is 2.05. The lowest BCUT2D eigenvalue weighted by Crippen LogP contribution is -2.49. The van der Waals surface area contributed by atoms with Crippen molar-refractivity contribution in [2.45, 2.75) is 56.6 Å². The van der Waals surface area contributed by atoms with Crippen molar-refractivity contribution < 1.29 is 31.9 Å². The van der Waals surface area contributed by atoms with Gasteiger partial charge in [0.1, 0.15) is 17.7 Å². The average molecular weight is 463 g/mol. The van der Waals surface area contributed by atoms with Crippen LogP contribution in [0, 0.1) is 12.7 Å². The van der Waals surface area contributed by atoms with Gasteiger partial charge in [0.15, 0.2) is 0 Å². The molecule has 1 aromatic heterocycles. The second-order valence-electron chi connectivity index (χ2n) is 7.67. The van der Waals surface area contributed by atoms with Crippen LogP contribution in [0.15, 0.2) is 30.3 Å². The number of aromatic nitrogens is 1. The number of aryl methyl sites for hydroxylation is 1. The van der Waals surface area contributed by atoms with E-state index in [1.807, 2.05) is 0 Å². The second kappa shape index (κ2) is 8.70. The maximum atomic E-state index is 14.1. The van der Waals surface area contributed by atoms with Crippen LogP contribution in [-0.2, 0) is 6.18 Å². The van der Waals surface area contributed by atoms with E-state index in [1.165, 1.54) is 19.1 Å². The first kappa shape index (κ1) is 23.4. The number of carbonyl (C=O) groups excluding carboxylic acids is 1. The number of hydrogen-bond donors (Lipinski definition) is 2. The average Bonchev–Trinajstić information content (AvgIpc) is 2.69. The van der Waals surface area contributed by atoms with Gasteiger partial charge in [0, 0.05) is 5.69 Å². The molecule has 1 saturated carbocycles. The molecule has 1 unspecified atom stereocenters. The molecular formula is C21H20ClF5N2O2. The molecular weight excluding hydrogens is 443 g/mol. The highest BCUT2D eigenvalue weighted by Gasteiger charge is 2.44. The number of hydrogen-bond acceptors (Lipinski definition) is 3. The fraction of sp³-hybridized carbons (Fsp3) is 0.429. The molecule has 0 aliphatic heterocycles. The van der Waals surface area contributed by atoms with Crippen LogP contribution in [0.2, 0.25) is 5.02 Å². The molecule has 10 heteroatoms. The molecule has 3 rings (SSSR count). The molecule has 31 heavy (non-hydrogen) atoms. The summed E-state index contributed by atoms with van der Waals surface area (Å²) in [4.78, 5) is 16.6. The van der Waals surface area contributed by atoms with Crippen molar-refractivity contribution in [2.75, 3.05) is 0 Å². The van der Waals surface area contributed by atoms with Gasteiger partial charge in [-0.2, -0.15) is 13.2 Å². The molecule has 0 spiro atoms. The van der Waals surface area contributed by atoms with E-state index in [1.54, 1.807) is 0 Å². The van der Waals surface area contributed by atoms with E-state index in [-0.39, 0.29) is 36.9 Å². The highest BCUT2D eigenvalue weighted by molar-refractivity contribution is 6.31. The third-order valence-corrected chi connectivity index (χ3v) is 5.84. The zero-order valence-corrected chi connectivity index (χ0v) is 17.2. The lowest BCUT2D eigenvalue weighted by atomic mass is 9.76. The smallest absolute Gasteiger partial charge is 0.387 e. The van der Waals surface area contributed by atoms with Crippen LogP contribution in [0.5, 0.6) is 0 Å². The first-order chi connectivity index (χ1) is 14.4. The van der Waals surface area contributed by atoms with E-state index in [0.29, 0.717) is 0 Å². The fourth-order valence-corrected chi connectivity index (χ4v) is 4.01. The van der Waals surface area contributed by atoms with Gasteiger partial charge in [-0.15, -0.1) is 0 Å². The van der Waals surface area contributed by atoms with E-state index in [4.69, 9.17) is 11.6 Å². The number of aliphatic hydroxyl groups is 1. The van der Waals surface area contributed by atoms with Crippen LogP contribution in [-0.4, -0.2) is 27.8 Å². The number of halogens is 6. The molecule has 2 aromatic rings. The number of nitrogens with one attached hydrogen (secondary N) is 1. The summed E-state index contributed by atoms with van der Waals surface area (Å²) < 4.78 is 68.0. The Morgan fingerprint density at radius 1 is 1.26 bits per heavy atom. The predicted molar refractivity (Wildman–Crippen MR) is 104 cm³/mol. The monoisotopic (exact) mass is 462 g/mol. The SMILES string of the molecule is Cc1ccc(C(F)(F)F)c(C(=O)NC(c2cccc(F)c2Cl)C2(O)CCC(F)CC2)n1. The minimum Gasteiger partial charge on any atom is -0.387 e. The van der Waals surface area contributed by atoms with E-state index in [0.717, 1.165) is 18.2 Å². The Morgan fingerprint density at radius 2 is 1.90 bits per heavy atom. The summed E-state index contributed by atoms with van der Waals surface area (Å²) in [6.45, 7) is 1.42. The Kier molecular flexibility index (Phi) is 6.57. The van der Waals surface area contributed by atoms with E-state index in [2.05, 4.69) is 10.3 Å². The lowest BCUT2D eigenvalue weighted by molar-refractivity contribution is -0.138. The fourth-order valence-electron chi connectivity index (χ4n) is 3.77. The molecule has 0 saturated heterocycles. The minimum atomic E-state index is -4.84. The maximum absolute atomic E-state index is 14.1. The van der Waals surface area contributed by atoms with E-state index < -0.39 is 52.0 Å². The molecule has 1 amide bonds. The van der Waals surface area contributed by atoms with E-state index in [9.17, 15) is 31.9 Å². The van der Waals surface area contributed by atoms with Crippen molar-refractivity contribution in [3.63, 3.8) is 0 Å². The highest BCUT2D eigenvalue weighted by atomic mass is 35.5. The number of pyridine rings is 1. The molecule has 1 aromatic carbocycles. The maximum Gasteiger partial charge on any atom is 0.418 e. The van der Waals surface area contributed by atoms with Crippen molar-refractivity contribution in [1.82, 2.24) is 10.3 Å². The third kappa shape index (κ3) is 4.98. The normalized spacial score (nSPS) is 22.8. The van der Waals surface area contributed by atoms with Gasteiger partial charge in [-0.3, -0.25) is 4.79 Å². The third-order valence-electron chi connectivity index (χ3n) is 5.44. The van der Waals surface area contributed by atoms with Gasteiger partial charge in [0.05, 0.1) is 22.2 Å². The summed E-state index contributed by atoms with van der Waals surface area (Å²) in [6, 6.07) is 4.20. The van der Waals surface area contributed by atoms with Crippen LogP contribution in [0.3, 0.4) is 0 Å². The van der Waals surface area contributed by atoms with E-state index >= 15 is 0 Å². The molecule has 4 nitrogen and oxygen atoms in total. The molecule has 1 aliphatic rings. The van der Waals surface area contributed by atoms with Crippen LogP contribution in [0.4, 0.5) is 22.0 Å². The Bertz CT molecular complexity index is 975. The first-order valence-electron chi connectivity index (χ1n) is 9.58. The molecule has 1 fully saturated rings. The van der Waals surface area contributed by atoms with Gasteiger partial charge in [-0.05, 0) is 56.4 Å². The van der Waals surface area contributed by atoms with Gasteiger partial charge in [0.2, 0.25) is 0 Å². The highest BCUT2D eigenvalue weighted by Crippen LogP contribution is 2.42. The van der Waals surface area contributed by atoms with Gasteiger partial charge < -0.3 is 10.4 Å². The molecule has 0 bridgehead atoms. The number of nitrogens with zero attached hydrogens (tertiary/aromatic N) is 1. The Hall–Kier alpha value is -2.26. The topological polar surface area (TPSA) is 62.2 Å². The lowest BCUT2D eigenvalue weighted by Gasteiger charge is -2.41. The van der Waals surface area contributed by atoms with Crippen LogP contribution in [0.25, 0.3) is 0 Å². The molecule has 1 aliphatic carbocycles. The van der Waals surface area contributed by atoms with Gasteiger partial charge >= 0.3 is 6.18 Å². The quantitative estimate of drug-likeness (QED) is 0.605. The molecule has 0 radical (unpaired) electrons. The Labute approximate surface area is 180 Å². The number of rotatable bonds is 4. The summed E-state index contributed by atoms with van der Waals surface area (Å²) in [7, 11) is 0. The predicted octanol–water partition coefficient (Wildman–Crippen LogP) is 5.32. The summed E-state index contributed by atoms with van der Waals surface area (Å²) in [5, 5.41) is 13.2. The van der Waals surface area contributed by atoms with Gasteiger partial charge in [-0.1, -0.05) is 23.7 Å². The van der Waals surface area contributed by atoms with Gasteiger partial charge in [0.25, 0.3) is 5.91 Å². The largest absolute Gasteiger partial charge is 0.418 e. The second-order valence-corrected chi connectivity index (χ2v) is 8.05. The minimum absolute atomic E-state index is 0.0176. The number of carbonyl (C=O) groups is 1. The Morgan fingerprint density at radius 3 is 2.52 bits per heavy atom. The molecule has 2 N–H and O–H groups in total. The van der Waals surface area contributed by atoms with Crippen molar-refractivity contribution in [2.24, 2.45) is 0 Å². The number of benzene rings is 1. The van der Waals surface area contributed by atoms with Crippen molar-refractivity contribution in [3.05, 3.63) is 63.7 Å². The zero-order chi connectivity index (χ0) is 23.0. The summed E-state index contributed by atoms with van der Waals surface area (Å²) in [6.07, 6.45) is -6.24. The first-order valence-corrected chi connectivity index (χ1v) is 9.96. The molecule has 1 heterocycles. The van der Waals surface area contributed by atoms with Crippen molar-refractivity contribution in [1.29, 1.82) is 0 Å². The van der Waals surface area contributed by atoms with Crippen LogP contribution >= 0.6 is 11.6 Å². The van der Waals surface area contributed by atoms with Crippen molar-refractivity contribution >= 4 is 17.5 Å². The number of amides is 1. The van der Waals surface area contributed by atoms with Crippen molar-refractivity contribution in [3.8, 4) is 0 Å². The van der Waals surface area contributed by atoms with Crippen LogP contribution < -0.4 is 5.32 Å². The zero-order valence-electron chi connectivity index (χ0n) is 16.4. The van der Waals surface area contributed by atoms with Crippen LogP contribution in [0.1, 0.15) is 59.0 Å². The van der Waals surface area contributed by atoms with Gasteiger partial charge in [-0.25, -0.2) is 13.8 Å². The molecule has 1 atom stereocenters. The number of alkyl halides is 4.